The molecule has 0 atom stereocenters. The Morgan fingerprint density at radius 2 is 2.11 bits per heavy atom. The van der Waals surface area contributed by atoms with Crippen molar-refractivity contribution in [2.24, 2.45) is 0 Å². The maximum atomic E-state index is 12.5. The first kappa shape index (κ1) is 17.3. The minimum Gasteiger partial charge on any atom is -0.507 e. The predicted octanol–water partition coefficient (Wildman–Crippen LogP) is 4.31. The summed E-state index contributed by atoms with van der Waals surface area (Å²) in [6, 6.07) is 11.7. The zero-order chi connectivity index (χ0) is 19.0. The van der Waals surface area contributed by atoms with Gasteiger partial charge in [0.2, 0.25) is 0 Å². The topological polar surface area (TPSA) is 100 Å². The van der Waals surface area contributed by atoms with E-state index < -0.39 is 0 Å². The van der Waals surface area contributed by atoms with E-state index in [0.717, 1.165) is 16.0 Å². The monoisotopic (exact) mass is 400 g/mol. The zero-order valence-electron chi connectivity index (χ0n) is 14.0. The molecule has 2 aromatic heterocycles. The molecule has 4 rings (SSSR count). The van der Waals surface area contributed by atoms with Crippen LogP contribution in [0.2, 0.25) is 5.02 Å². The van der Waals surface area contributed by atoms with Crippen LogP contribution in [0.25, 0.3) is 21.5 Å². The molecule has 3 N–H and O–H groups in total. The summed E-state index contributed by atoms with van der Waals surface area (Å²) >= 11 is 7.30. The molecule has 0 saturated heterocycles. The second kappa shape index (κ2) is 6.90. The average molecular weight is 401 g/mol. The van der Waals surface area contributed by atoms with Crippen molar-refractivity contribution in [2.75, 3.05) is 12.4 Å². The SMILES string of the molecule is COc1ccc2nc(NC(=O)c3cc(-c4cc(Cl)ccc4O)n[nH]3)sc2c1. The van der Waals surface area contributed by atoms with Crippen LogP contribution in [-0.4, -0.2) is 33.3 Å². The lowest BCUT2D eigenvalue weighted by atomic mass is 10.1. The van der Waals surface area contributed by atoms with Gasteiger partial charge in [-0.1, -0.05) is 22.9 Å². The summed E-state index contributed by atoms with van der Waals surface area (Å²) in [6.07, 6.45) is 0. The number of thiazole rings is 1. The largest absolute Gasteiger partial charge is 0.507 e. The number of aromatic hydroxyl groups is 1. The van der Waals surface area contributed by atoms with Crippen LogP contribution in [0.4, 0.5) is 5.13 Å². The zero-order valence-corrected chi connectivity index (χ0v) is 15.6. The molecule has 0 radical (unpaired) electrons. The first-order chi connectivity index (χ1) is 13.0. The molecule has 0 spiro atoms. The highest BCUT2D eigenvalue weighted by atomic mass is 35.5. The van der Waals surface area contributed by atoms with E-state index in [4.69, 9.17) is 16.3 Å². The third-order valence-electron chi connectivity index (χ3n) is 3.87. The van der Waals surface area contributed by atoms with Crippen molar-refractivity contribution >= 4 is 44.2 Å². The fourth-order valence-electron chi connectivity index (χ4n) is 2.54. The summed E-state index contributed by atoms with van der Waals surface area (Å²) in [4.78, 5) is 16.9. The van der Waals surface area contributed by atoms with Crippen LogP contribution in [0.1, 0.15) is 10.5 Å². The standard InChI is InChI=1S/C18H13ClN4O3S/c1-26-10-3-4-12-16(7-10)27-18(20-12)21-17(25)14-8-13(22-23-14)11-6-9(19)2-5-15(11)24/h2-8,24H,1H3,(H,22,23)(H,20,21,25). The van der Waals surface area contributed by atoms with E-state index in [-0.39, 0.29) is 17.4 Å². The molecule has 0 aliphatic carbocycles. The Labute approximate surface area is 162 Å². The molecule has 0 bridgehead atoms. The van der Waals surface area contributed by atoms with Crippen molar-refractivity contribution in [3.8, 4) is 22.8 Å². The smallest absolute Gasteiger partial charge is 0.275 e. The number of ether oxygens (including phenoxy) is 1. The first-order valence-corrected chi connectivity index (χ1v) is 9.03. The van der Waals surface area contributed by atoms with Gasteiger partial charge in [0.15, 0.2) is 5.13 Å². The highest BCUT2D eigenvalue weighted by Gasteiger charge is 2.15. The van der Waals surface area contributed by atoms with Gasteiger partial charge in [-0.05, 0) is 42.5 Å². The van der Waals surface area contributed by atoms with Gasteiger partial charge in [0, 0.05) is 10.6 Å². The number of carbonyl (C=O) groups is 1. The van der Waals surface area contributed by atoms with Gasteiger partial charge in [-0.2, -0.15) is 5.10 Å². The Morgan fingerprint density at radius 1 is 1.26 bits per heavy atom. The quantitative estimate of drug-likeness (QED) is 0.474. The van der Waals surface area contributed by atoms with Crippen molar-refractivity contribution in [1.82, 2.24) is 15.2 Å². The normalized spacial score (nSPS) is 10.9. The van der Waals surface area contributed by atoms with Crippen molar-refractivity contribution in [3.05, 3.63) is 53.2 Å². The third kappa shape index (κ3) is 3.44. The number of benzene rings is 2. The first-order valence-electron chi connectivity index (χ1n) is 7.84. The van der Waals surface area contributed by atoms with Gasteiger partial charge in [-0.25, -0.2) is 4.98 Å². The number of nitrogens with one attached hydrogen (secondary N) is 2. The Kier molecular flexibility index (Phi) is 4.43. The predicted molar refractivity (Wildman–Crippen MR) is 105 cm³/mol. The minimum atomic E-state index is -0.388. The summed E-state index contributed by atoms with van der Waals surface area (Å²) in [5.74, 6) is 0.364. The van der Waals surface area contributed by atoms with Gasteiger partial charge in [0.05, 0.1) is 23.0 Å². The van der Waals surface area contributed by atoms with Gasteiger partial charge in [-0.15, -0.1) is 0 Å². The van der Waals surface area contributed by atoms with Crippen LogP contribution < -0.4 is 10.1 Å². The fourth-order valence-corrected chi connectivity index (χ4v) is 3.60. The van der Waals surface area contributed by atoms with Crippen LogP contribution in [0.15, 0.2) is 42.5 Å². The van der Waals surface area contributed by atoms with E-state index in [1.54, 1.807) is 19.2 Å². The summed E-state index contributed by atoms with van der Waals surface area (Å²) in [5, 5.41) is 20.4. The molecule has 136 valence electrons. The second-order valence-electron chi connectivity index (χ2n) is 5.64. The summed E-state index contributed by atoms with van der Waals surface area (Å²) < 4.78 is 6.09. The van der Waals surface area contributed by atoms with Crippen molar-refractivity contribution < 1.29 is 14.6 Å². The third-order valence-corrected chi connectivity index (χ3v) is 5.04. The number of methoxy groups -OCH3 is 1. The maximum absolute atomic E-state index is 12.5. The molecule has 2 aromatic carbocycles. The van der Waals surface area contributed by atoms with Crippen molar-refractivity contribution in [1.29, 1.82) is 0 Å². The molecule has 9 heteroatoms. The fraction of sp³-hybridized carbons (Fsp3) is 0.0556. The molecule has 0 aliphatic heterocycles. The van der Waals surface area contributed by atoms with Crippen LogP contribution in [-0.2, 0) is 0 Å². The second-order valence-corrected chi connectivity index (χ2v) is 7.10. The lowest BCUT2D eigenvalue weighted by Gasteiger charge is -2.00. The van der Waals surface area contributed by atoms with Crippen molar-refractivity contribution in [3.63, 3.8) is 0 Å². The Bertz CT molecular complexity index is 1150. The number of amides is 1. The number of aromatic amines is 1. The molecule has 1 amide bonds. The highest BCUT2D eigenvalue weighted by molar-refractivity contribution is 7.22. The van der Waals surface area contributed by atoms with Crippen LogP contribution >= 0.6 is 22.9 Å². The van der Waals surface area contributed by atoms with E-state index in [9.17, 15) is 9.90 Å². The summed E-state index contributed by atoms with van der Waals surface area (Å²) in [6.45, 7) is 0. The van der Waals surface area contributed by atoms with E-state index in [1.165, 1.54) is 23.5 Å². The Hall–Kier alpha value is -3.10. The number of phenols is 1. The molecule has 0 aliphatic rings. The number of nitrogens with zero attached hydrogens (tertiary/aromatic N) is 2. The lowest BCUT2D eigenvalue weighted by molar-refractivity contribution is 0.102. The number of aromatic nitrogens is 3. The number of anilines is 1. The number of fused-ring (bicyclic) bond motifs is 1. The van der Waals surface area contributed by atoms with Gasteiger partial charge >= 0.3 is 0 Å². The van der Waals surface area contributed by atoms with E-state index >= 15 is 0 Å². The van der Waals surface area contributed by atoms with Gasteiger partial charge in [-0.3, -0.25) is 15.2 Å². The van der Waals surface area contributed by atoms with Crippen LogP contribution in [0.3, 0.4) is 0 Å². The maximum Gasteiger partial charge on any atom is 0.275 e. The number of carbonyl (C=O) groups excluding carboxylic acids is 1. The molecule has 2 heterocycles. The number of halogens is 1. The van der Waals surface area contributed by atoms with E-state index in [0.29, 0.717) is 21.4 Å². The van der Waals surface area contributed by atoms with E-state index in [1.807, 2.05) is 18.2 Å². The molecule has 7 nitrogen and oxygen atoms in total. The van der Waals surface area contributed by atoms with Crippen molar-refractivity contribution in [2.45, 2.75) is 0 Å². The van der Waals surface area contributed by atoms with E-state index in [2.05, 4.69) is 20.5 Å². The van der Waals surface area contributed by atoms with Gasteiger partial charge in [0.25, 0.3) is 5.91 Å². The molecule has 0 saturated carbocycles. The van der Waals surface area contributed by atoms with Gasteiger partial charge < -0.3 is 9.84 Å². The number of H-pyrrole nitrogens is 1. The summed E-state index contributed by atoms with van der Waals surface area (Å²) in [7, 11) is 1.60. The average Bonchev–Trinajstić information content (AvgIpc) is 3.29. The molecule has 27 heavy (non-hydrogen) atoms. The highest BCUT2D eigenvalue weighted by Crippen LogP contribution is 2.32. The number of phenolic OH excluding ortho intramolecular Hbond substituents is 1. The molecule has 4 aromatic rings. The van der Waals surface area contributed by atoms with Crippen LogP contribution in [0, 0.1) is 0 Å². The Morgan fingerprint density at radius 3 is 2.93 bits per heavy atom. The minimum absolute atomic E-state index is 0.0259. The van der Waals surface area contributed by atoms with Gasteiger partial charge in [0.1, 0.15) is 17.2 Å². The molecule has 0 fully saturated rings. The molecular formula is C18H13ClN4O3S. The molecular weight excluding hydrogens is 388 g/mol. The Balaban J connectivity index is 1.57. The number of rotatable bonds is 4. The number of hydrogen-bond acceptors (Lipinski definition) is 6. The molecule has 0 unspecified atom stereocenters. The van der Waals surface area contributed by atoms with Crippen LogP contribution in [0.5, 0.6) is 11.5 Å². The summed E-state index contributed by atoms with van der Waals surface area (Å²) in [5.41, 5.74) is 1.85. The number of hydrogen-bond donors (Lipinski definition) is 3. The lowest BCUT2D eigenvalue weighted by Crippen LogP contribution is -2.11.